The average molecular weight is 405 g/mol. The molecule has 3 aromatic carbocycles. The number of carboxylic acids is 1. The van der Waals surface area contributed by atoms with Crippen LogP contribution in [0.5, 0.6) is 0 Å². The van der Waals surface area contributed by atoms with Crippen LogP contribution in [0.1, 0.15) is 42.1 Å². The molecule has 5 heteroatoms. The Morgan fingerprint density at radius 2 is 1.67 bits per heavy atom. The van der Waals surface area contributed by atoms with Gasteiger partial charge in [0.1, 0.15) is 5.82 Å². The van der Waals surface area contributed by atoms with E-state index in [1.165, 1.54) is 12.1 Å². The van der Waals surface area contributed by atoms with Crippen molar-refractivity contribution in [2.75, 3.05) is 4.90 Å². The quantitative estimate of drug-likeness (QED) is 0.506. The van der Waals surface area contributed by atoms with Crippen molar-refractivity contribution in [1.29, 1.82) is 0 Å². The zero-order valence-corrected chi connectivity index (χ0v) is 16.8. The van der Waals surface area contributed by atoms with Gasteiger partial charge in [-0.3, -0.25) is 4.79 Å². The first-order valence-electron chi connectivity index (χ1n) is 9.97. The number of benzene rings is 3. The molecule has 0 saturated heterocycles. The zero-order chi connectivity index (χ0) is 21.5. The lowest BCUT2D eigenvalue weighted by molar-refractivity contribution is -0.118. The summed E-state index contributed by atoms with van der Waals surface area (Å²) in [5.74, 6) is -1.59. The Bertz CT molecular complexity index is 1030. The minimum atomic E-state index is -1.06. The van der Waals surface area contributed by atoms with Crippen molar-refractivity contribution >= 4 is 17.6 Å². The minimum absolute atomic E-state index is 0.0530. The molecule has 0 radical (unpaired) electrons. The van der Waals surface area contributed by atoms with Crippen molar-refractivity contribution in [3.05, 3.63) is 89.7 Å². The van der Waals surface area contributed by atoms with E-state index in [-0.39, 0.29) is 18.0 Å². The molecule has 0 aliphatic heterocycles. The standard InChI is InChI=1S/C25H24FNO3/c1-2-3-13-24(28)27(20-9-5-4-6-10-20)17-19-15-14-18(16-23(19)26)21-11-7-8-12-22(21)25(29)30/h4-12,14-16H,2-3,13,17H2,1H3,(H,29,30). The first-order chi connectivity index (χ1) is 14.5. The molecule has 0 saturated carbocycles. The number of carboxylic acid groups (broad SMARTS) is 1. The molecule has 3 aromatic rings. The lowest BCUT2D eigenvalue weighted by Gasteiger charge is -2.23. The number of hydrogen-bond donors (Lipinski definition) is 1. The van der Waals surface area contributed by atoms with Crippen molar-refractivity contribution in [2.45, 2.75) is 32.7 Å². The lowest BCUT2D eigenvalue weighted by Crippen LogP contribution is -2.30. The molecular weight excluding hydrogens is 381 g/mol. The first-order valence-corrected chi connectivity index (χ1v) is 9.97. The monoisotopic (exact) mass is 405 g/mol. The molecule has 0 spiro atoms. The molecule has 0 unspecified atom stereocenters. The maximum Gasteiger partial charge on any atom is 0.336 e. The maximum absolute atomic E-state index is 15.0. The van der Waals surface area contributed by atoms with Crippen LogP contribution in [-0.2, 0) is 11.3 Å². The van der Waals surface area contributed by atoms with Crippen molar-refractivity contribution in [3.8, 4) is 11.1 Å². The van der Waals surface area contributed by atoms with Crippen LogP contribution in [0.4, 0.5) is 10.1 Å². The van der Waals surface area contributed by atoms with Crippen molar-refractivity contribution in [1.82, 2.24) is 0 Å². The SMILES string of the molecule is CCCCC(=O)N(Cc1ccc(-c2ccccc2C(=O)O)cc1F)c1ccccc1. The van der Waals surface area contributed by atoms with E-state index in [0.717, 1.165) is 18.5 Å². The van der Waals surface area contributed by atoms with E-state index >= 15 is 0 Å². The second kappa shape index (κ2) is 9.83. The summed E-state index contributed by atoms with van der Waals surface area (Å²) in [5.41, 5.74) is 2.15. The van der Waals surface area contributed by atoms with E-state index in [1.54, 1.807) is 35.2 Å². The molecule has 0 atom stereocenters. The number of unbranched alkanes of at least 4 members (excludes halogenated alkanes) is 1. The third-order valence-electron chi connectivity index (χ3n) is 4.96. The fourth-order valence-corrected chi connectivity index (χ4v) is 3.33. The fraction of sp³-hybridized carbons (Fsp3) is 0.200. The van der Waals surface area contributed by atoms with E-state index in [0.29, 0.717) is 23.1 Å². The number of rotatable bonds is 8. The van der Waals surface area contributed by atoms with Gasteiger partial charge in [0, 0.05) is 17.7 Å². The normalized spacial score (nSPS) is 10.6. The van der Waals surface area contributed by atoms with E-state index < -0.39 is 11.8 Å². The first kappa shape index (κ1) is 21.2. The second-order valence-corrected chi connectivity index (χ2v) is 7.08. The van der Waals surface area contributed by atoms with Gasteiger partial charge in [-0.25, -0.2) is 9.18 Å². The summed E-state index contributed by atoms with van der Waals surface area (Å²) in [7, 11) is 0. The van der Waals surface area contributed by atoms with Gasteiger partial charge in [-0.1, -0.05) is 61.9 Å². The summed E-state index contributed by atoms with van der Waals surface area (Å²) in [5, 5.41) is 9.39. The van der Waals surface area contributed by atoms with E-state index in [2.05, 4.69) is 0 Å². The number of carbonyl (C=O) groups excluding carboxylic acids is 1. The predicted octanol–water partition coefficient (Wildman–Crippen LogP) is 5.91. The summed E-state index contributed by atoms with van der Waals surface area (Å²) < 4.78 is 15.0. The topological polar surface area (TPSA) is 57.6 Å². The van der Waals surface area contributed by atoms with Crippen LogP contribution < -0.4 is 4.90 Å². The van der Waals surface area contributed by atoms with Crippen LogP contribution in [0.2, 0.25) is 0 Å². The molecule has 0 aliphatic rings. The van der Waals surface area contributed by atoms with Gasteiger partial charge < -0.3 is 10.0 Å². The van der Waals surface area contributed by atoms with Crippen LogP contribution >= 0.6 is 0 Å². The molecular formula is C25H24FNO3. The molecule has 0 aliphatic carbocycles. The number of halogens is 1. The molecule has 4 nitrogen and oxygen atoms in total. The molecule has 0 heterocycles. The van der Waals surface area contributed by atoms with Crippen molar-refractivity contribution in [3.63, 3.8) is 0 Å². The summed E-state index contributed by atoms with van der Waals surface area (Å²) in [4.78, 5) is 25.8. The van der Waals surface area contributed by atoms with Gasteiger partial charge in [-0.05, 0) is 41.8 Å². The molecule has 30 heavy (non-hydrogen) atoms. The number of para-hydroxylation sites is 1. The summed E-state index contributed by atoms with van der Waals surface area (Å²) >= 11 is 0. The number of anilines is 1. The highest BCUT2D eigenvalue weighted by Crippen LogP contribution is 2.27. The highest BCUT2D eigenvalue weighted by Gasteiger charge is 2.18. The minimum Gasteiger partial charge on any atom is -0.478 e. The second-order valence-electron chi connectivity index (χ2n) is 7.08. The van der Waals surface area contributed by atoms with Gasteiger partial charge in [0.15, 0.2) is 0 Å². The molecule has 1 N–H and O–H groups in total. The van der Waals surface area contributed by atoms with Crippen molar-refractivity contribution in [2.24, 2.45) is 0 Å². The van der Waals surface area contributed by atoms with E-state index in [4.69, 9.17) is 0 Å². The smallest absolute Gasteiger partial charge is 0.336 e. The Labute approximate surface area is 175 Å². The lowest BCUT2D eigenvalue weighted by atomic mass is 9.98. The summed E-state index contributed by atoms with van der Waals surface area (Å²) in [6, 6.07) is 20.4. The molecule has 3 rings (SSSR count). The summed E-state index contributed by atoms with van der Waals surface area (Å²) in [6.45, 7) is 2.13. The Morgan fingerprint density at radius 3 is 2.33 bits per heavy atom. The maximum atomic E-state index is 15.0. The largest absolute Gasteiger partial charge is 0.478 e. The van der Waals surface area contributed by atoms with Gasteiger partial charge in [0.25, 0.3) is 0 Å². The Kier molecular flexibility index (Phi) is 6.96. The van der Waals surface area contributed by atoms with Gasteiger partial charge in [-0.2, -0.15) is 0 Å². The van der Waals surface area contributed by atoms with Crippen LogP contribution in [0.3, 0.4) is 0 Å². The molecule has 0 aromatic heterocycles. The number of hydrogen-bond acceptors (Lipinski definition) is 2. The van der Waals surface area contributed by atoms with Gasteiger partial charge in [0.05, 0.1) is 12.1 Å². The van der Waals surface area contributed by atoms with Gasteiger partial charge >= 0.3 is 5.97 Å². The number of carbonyl (C=O) groups is 2. The van der Waals surface area contributed by atoms with E-state index in [9.17, 15) is 19.1 Å². The van der Waals surface area contributed by atoms with Crippen LogP contribution in [-0.4, -0.2) is 17.0 Å². The highest BCUT2D eigenvalue weighted by molar-refractivity contribution is 5.96. The van der Waals surface area contributed by atoms with Crippen molar-refractivity contribution < 1.29 is 19.1 Å². The number of amides is 1. The van der Waals surface area contributed by atoms with Crippen LogP contribution in [0, 0.1) is 5.82 Å². The highest BCUT2D eigenvalue weighted by atomic mass is 19.1. The Morgan fingerprint density at radius 1 is 0.967 bits per heavy atom. The third kappa shape index (κ3) is 4.92. The Hall–Kier alpha value is -3.47. The number of aromatic carboxylic acids is 1. The third-order valence-corrected chi connectivity index (χ3v) is 4.96. The van der Waals surface area contributed by atoms with E-state index in [1.807, 2.05) is 37.3 Å². The molecule has 0 bridgehead atoms. The average Bonchev–Trinajstić information content (AvgIpc) is 2.77. The van der Waals surface area contributed by atoms with Gasteiger partial charge in [-0.15, -0.1) is 0 Å². The Balaban J connectivity index is 1.91. The predicted molar refractivity (Wildman–Crippen MR) is 116 cm³/mol. The molecule has 154 valence electrons. The van der Waals surface area contributed by atoms with Crippen LogP contribution in [0.25, 0.3) is 11.1 Å². The van der Waals surface area contributed by atoms with Crippen LogP contribution in [0.15, 0.2) is 72.8 Å². The molecule has 0 fully saturated rings. The molecule has 1 amide bonds. The zero-order valence-electron chi connectivity index (χ0n) is 16.8. The fourth-order valence-electron chi connectivity index (χ4n) is 3.33. The number of nitrogens with zero attached hydrogens (tertiary/aromatic N) is 1. The van der Waals surface area contributed by atoms with Gasteiger partial charge in [0.2, 0.25) is 5.91 Å². The summed E-state index contributed by atoms with van der Waals surface area (Å²) in [6.07, 6.45) is 2.08.